The topological polar surface area (TPSA) is 64.0 Å². The summed E-state index contributed by atoms with van der Waals surface area (Å²) in [6.45, 7) is 0.282. The zero-order valence-corrected chi connectivity index (χ0v) is 15.6. The average Bonchev–Trinajstić information content (AvgIpc) is 2.91. The highest BCUT2D eigenvalue weighted by Crippen LogP contribution is 2.23. The first-order valence-corrected chi connectivity index (χ1v) is 8.92. The largest absolute Gasteiger partial charge is 0.360 e. The number of rotatable bonds is 4. The summed E-state index contributed by atoms with van der Waals surface area (Å²) in [6, 6.07) is 11.5. The van der Waals surface area contributed by atoms with Gasteiger partial charge in [0.15, 0.2) is 0 Å². The van der Waals surface area contributed by atoms with Crippen LogP contribution in [0.25, 0.3) is 0 Å². The van der Waals surface area contributed by atoms with Crippen molar-refractivity contribution in [1.29, 1.82) is 0 Å². The van der Waals surface area contributed by atoms with Crippen LogP contribution in [-0.2, 0) is 6.54 Å². The van der Waals surface area contributed by atoms with Crippen molar-refractivity contribution in [3.63, 3.8) is 0 Å². The van der Waals surface area contributed by atoms with Crippen LogP contribution in [0.5, 0.6) is 0 Å². The quantitative estimate of drug-likeness (QED) is 0.680. The highest BCUT2D eigenvalue weighted by Gasteiger charge is 2.12. The minimum Gasteiger partial charge on any atom is -0.297 e. The second-order valence-electron chi connectivity index (χ2n) is 5.04. The number of nitrogens with zero attached hydrogens (tertiary/aromatic N) is 2. The van der Waals surface area contributed by atoms with E-state index in [1.165, 1.54) is 3.96 Å². The van der Waals surface area contributed by atoms with Crippen LogP contribution in [0, 0.1) is 0 Å². The van der Waals surface area contributed by atoms with E-state index in [1.807, 2.05) is 0 Å². The van der Waals surface area contributed by atoms with E-state index >= 15 is 0 Å². The van der Waals surface area contributed by atoms with Gasteiger partial charge in [0.05, 0.1) is 16.6 Å². The summed E-state index contributed by atoms with van der Waals surface area (Å²) in [6.07, 6.45) is 0. The summed E-state index contributed by atoms with van der Waals surface area (Å²) >= 11 is 18.7. The van der Waals surface area contributed by atoms with Crippen molar-refractivity contribution < 1.29 is 4.79 Å². The summed E-state index contributed by atoms with van der Waals surface area (Å²) < 4.78 is 1.41. The Bertz CT molecular complexity index is 983. The zero-order chi connectivity index (χ0) is 18.0. The van der Waals surface area contributed by atoms with Gasteiger partial charge in [-0.3, -0.25) is 10.1 Å². The molecular weight excluding hydrogens is 405 g/mol. The van der Waals surface area contributed by atoms with Crippen LogP contribution < -0.4 is 11.0 Å². The third-order valence-corrected chi connectivity index (χ3v) is 5.11. The fraction of sp³-hybridized carbons (Fsp3) is 0.0625. The average molecular weight is 415 g/mol. The number of hydrogen-bond donors (Lipinski definition) is 1. The van der Waals surface area contributed by atoms with Crippen LogP contribution in [0.2, 0.25) is 15.1 Å². The molecule has 0 saturated heterocycles. The first-order valence-electron chi connectivity index (χ1n) is 7.01. The molecule has 2 aromatic carbocycles. The van der Waals surface area contributed by atoms with Gasteiger partial charge in [-0.15, -0.1) is 0 Å². The molecule has 0 bridgehead atoms. The molecule has 0 atom stereocenters. The highest BCUT2D eigenvalue weighted by molar-refractivity contribution is 7.10. The Labute approximate surface area is 161 Å². The molecule has 3 aromatic rings. The van der Waals surface area contributed by atoms with Crippen molar-refractivity contribution in [2.45, 2.75) is 6.54 Å². The van der Waals surface area contributed by atoms with Crippen LogP contribution in [0.3, 0.4) is 0 Å². The Balaban J connectivity index is 1.75. The Morgan fingerprint density at radius 1 is 1.08 bits per heavy atom. The van der Waals surface area contributed by atoms with E-state index in [2.05, 4.69) is 10.3 Å². The minimum absolute atomic E-state index is 0.213. The Morgan fingerprint density at radius 3 is 2.48 bits per heavy atom. The van der Waals surface area contributed by atoms with Crippen molar-refractivity contribution in [3.8, 4) is 0 Å². The number of aromatic nitrogens is 2. The van der Waals surface area contributed by atoms with Crippen LogP contribution in [0.1, 0.15) is 15.9 Å². The zero-order valence-electron chi connectivity index (χ0n) is 12.5. The van der Waals surface area contributed by atoms with Crippen molar-refractivity contribution in [1.82, 2.24) is 8.94 Å². The Hall–Kier alpha value is -1.86. The van der Waals surface area contributed by atoms with E-state index in [9.17, 15) is 9.59 Å². The number of nitrogens with one attached hydrogen (secondary N) is 1. The van der Waals surface area contributed by atoms with E-state index in [4.69, 9.17) is 34.8 Å². The van der Waals surface area contributed by atoms with Gasteiger partial charge in [0.25, 0.3) is 5.91 Å². The SMILES string of the molecule is O=C(Nc1nc(=O)n(Cc2ccc(Cl)c(Cl)c2)s1)c1ccc(Cl)cc1. The predicted octanol–water partition coefficient (Wildman–Crippen LogP) is 4.57. The van der Waals surface area contributed by atoms with Crippen LogP contribution in [-0.4, -0.2) is 14.8 Å². The summed E-state index contributed by atoms with van der Waals surface area (Å²) in [5.74, 6) is -0.368. The predicted molar refractivity (Wildman–Crippen MR) is 101 cm³/mol. The molecule has 3 rings (SSSR count). The standard InChI is InChI=1S/C16H10Cl3N3O2S/c17-11-4-2-10(3-5-11)14(23)20-15-21-16(24)22(25-15)8-9-1-6-12(18)13(19)7-9/h1-7H,8H2,(H,20,21,23,24). The monoisotopic (exact) mass is 413 g/mol. The third kappa shape index (κ3) is 4.41. The number of carbonyl (C=O) groups is 1. The van der Waals surface area contributed by atoms with Gasteiger partial charge in [-0.25, -0.2) is 8.75 Å². The second-order valence-corrected chi connectivity index (χ2v) is 7.30. The molecule has 0 saturated carbocycles. The van der Waals surface area contributed by atoms with Crippen molar-refractivity contribution >= 4 is 57.4 Å². The maximum Gasteiger partial charge on any atom is 0.360 e. The number of amides is 1. The van der Waals surface area contributed by atoms with Crippen molar-refractivity contribution in [2.24, 2.45) is 0 Å². The Morgan fingerprint density at radius 2 is 1.80 bits per heavy atom. The summed E-state index contributed by atoms with van der Waals surface area (Å²) in [5, 5.41) is 4.20. The summed E-state index contributed by atoms with van der Waals surface area (Å²) in [7, 11) is 0. The second kappa shape index (κ2) is 7.58. The summed E-state index contributed by atoms with van der Waals surface area (Å²) in [4.78, 5) is 28.0. The van der Waals surface area contributed by atoms with Gasteiger partial charge >= 0.3 is 5.69 Å². The number of carbonyl (C=O) groups excluding carboxylic acids is 1. The molecule has 0 aliphatic carbocycles. The van der Waals surface area contributed by atoms with Crippen LogP contribution in [0.4, 0.5) is 5.13 Å². The van der Waals surface area contributed by atoms with Gasteiger partial charge in [-0.1, -0.05) is 40.9 Å². The molecule has 1 aromatic heterocycles. The smallest absolute Gasteiger partial charge is 0.297 e. The molecule has 1 amide bonds. The number of benzene rings is 2. The molecule has 0 radical (unpaired) electrons. The van der Waals surface area contributed by atoms with Crippen molar-refractivity contribution in [2.75, 3.05) is 5.32 Å². The molecule has 1 heterocycles. The molecule has 9 heteroatoms. The molecule has 1 N–H and O–H groups in total. The van der Waals surface area contributed by atoms with Crippen LogP contribution >= 0.6 is 46.3 Å². The van der Waals surface area contributed by atoms with Gasteiger partial charge in [-0.05, 0) is 53.5 Å². The number of hydrogen-bond acceptors (Lipinski definition) is 4. The lowest BCUT2D eigenvalue weighted by molar-refractivity contribution is 0.102. The Kier molecular flexibility index (Phi) is 5.44. The molecule has 0 spiro atoms. The van der Waals surface area contributed by atoms with E-state index < -0.39 is 5.69 Å². The molecule has 0 fully saturated rings. The fourth-order valence-electron chi connectivity index (χ4n) is 2.03. The lowest BCUT2D eigenvalue weighted by Crippen LogP contribution is -2.16. The van der Waals surface area contributed by atoms with Gasteiger partial charge in [0.2, 0.25) is 5.13 Å². The van der Waals surface area contributed by atoms with Crippen molar-refractivity contribution in [3.05, 3.63) is 79.1 Å². The first kappa shape index (κ1) is 17.9. The highest BCUT2D eigenvalue weighted by atomic mass is 35.5. The minimum atomic E-state index is -0.456. The van der Waals surface area contributed by atoms with Crippen LogP contribution in [0.15, 0.2) is 47.3 Å². The number of halogens is 3. The third-order valence-electron chi connectivity index (χ3n) is 3.24. The maximum atomic E-state index is 12.2. The first-order chi connectivity index (χ1) is 11.9. The van der Waals surface area contributed by atoms with Gasteiger partial charge in [0, 0.05) is 10.6 Å². The van der Waals surface area contributed by atoms with E-state index in [0.29, 0.717) is 20.6 Å². The normalized spacial score (nSPS) is 10.7. The lowest BCUT2D eigenvalue weighted by Gasteiger charge is -2.03. The lowest BCUT2D eigenvalue weighted by atomic mass is 10.2. The number of anilines is 1. The summed E-state index contributed by atoms with van der Waals surface area (Å²) in [5.41, 5.74) is 0.765. The maximum absolute atomic E-state index is 12.2. The van der Waals surface area contributed by atoms with E-state index in [0.717, 1.165) is 17.1 Å². The molecule has 0 unspecified atom stereocenters. The molecule has 0 aliphatic rings. The molecule has 0 aliphatic heterocycles. The fourth-order valence-corrected chi connectivity index (χ4v) is 3.28. The van der Waals surface area contributed by atoms with Gasteiger partial charge in [0.1, 0.15) is 0 Å². The molecule has 25 heavy (non-hydrogen) atoms. The molecular formula is C16H10Cl3N3O2S. The van der Waals surface area contributed by atoms with E-state index in [1.54, 1.807) is 42.5 Å². The van der Waals surface area contributed by atoms with E-state index in [-0.39, 0.29) is 17.6 Å². The molecule has 128 valence electrons. The van der Waals surface area contributed by atoms with Gasteiger partial charge < -0.3 is 0 Å². The van der Waals surface area contributed by atoms with Gasteiger partial charge in [-0.2, -0.15) is 4.98 Å². The molecule has 5 nitrogen and oxygen atoms in total.